The van der Waals surface area contributed by atoms with E-state index in [1.54, 1.807) is 11.3 Å². The van der Waals surface area contributed by atoms with Crippen molar-refractivity contribution in [2.45, 2.75) is 6.92 Å². The van der Waals surface area contributed by atoms with E-state index in [0.29, 0.717) is 26.2 Å². The zero-order valence-electron chi connectivity index (χ0n) is 14.2. The van der Waals surface area contributed by atoms with Crippen LogP contribution in [0.4, 0.5) is 13.9 Å². The predicted molar refractivity (Wildman–Crippen MR) is 98.8 cm³/mol. The van der Waals surface area contributed by atoms with Crippen LogP contribution in [0.25, 0.3) is 10.2 Å². The first-order valence-corrected chi connectivity index (χ1v) is 9.20. The lowest BCUT2D eigenvalue weighted by Crippen LogP contribution is -2.49. The van der Waals surface area contributed by atoms with Gasteiger partial charge in [-0.05, 0) is 30.7 Å². The standard InChI is InChI=1S/C19H17F2N3OS/c1-12-4-2-7-15-17(12)22-19(26-15)24-10-8-23(9-11-24)18(25)16-13(20)5-3-6-14(16)21/h2-7H,8-11H2,1H3. The number of nitrogens with zero attached hydrogens (tertiary/aromatic N) is 3. The zero-order valence-corrected chi connectivity index (χ0v) is 15.0. The van der Waals surface area contributed by atoms with Crippen LogP contribution in [0.15, 0.2) is 36.4 Å². The first-order valence-electron chi connectivity index (χ1n) is 8.39. The first-order chi connectivity index (χ1) is 12.5. The quantitative estimate of drug-likeness (QED) is 0.685. The molecule has 1 aliphatic heterocycles. The van der Waals surface area contributed by atoms with Gasteiger partial charge < -0.3 is 9.80 Å². The summed E-state index contributed by atoms with van der Waals surface area (Å²) in [5, 5.41) is 0.915. The number of para-hydroxylation sites is 1. The van der Waals surface area contributed by atoms with E-state index < -0.39 is 23.1 Å². The van der Waals surface area contributed by atoms with Gasteiger partial charge in [-0.3, -0.25) is 4.79 Å². The molecule has 26 heavy (non-hydrogen) atoms. The van der Waals surface area contributed by atoms with Crippen LogP contribution < -0.4 is 4.90 Å². The van der Waals surface area contributed by atoms with Crippen molar-refractivity contribution in [2.24, 2.45) is 0 Å². The van der Waals surface area contributed by atoms with Crippen LogP contribution in [0.2, 0.25) is 0 Å². The third kappa shape index (κ3) is 2.92. The molecular weight excluding hydrogens is 356 g/mol. The normalized spacial score (nSPS) is 14.9. The molecule has 0 unspecified atom stereocenters. The number of carbonyl (C=O) groups is 1. The molecule has 134 valence electrons. The number of carbonyl (C=O) groups excluding carboxylic acids is 1. The molecule has 2 heterocycles. The van der Waals surface area contributed by atoms with Gasteiger partial charge in [-0.2, -0.15) is 0 Å². The van der Waals surface area contributed by atoms with Gasteiger partial charge >= 0.3 is 0 Å². The Morgan fingerprint density at radius 2 is 1.69 bits per heavy atom. The van der Waals surface area contributed by atoms with Crippen molar-refractivity contribution < 1.29 is 13.6 Å². The smallest absolute Gasteiger partial charge is 0.259 e. The highest BCUT2D eigenvalue weighted by Gasteiger charge is 2.27. The summed E-state index contributed by atoms with van der Waals surface area (Å²) < 4.78 is 28.8. The molecule has 1 amide bonds. The van der Waals surface area contributed by atoms with Crippen molar-refractivity contribution in [3.05, 3.63) is 59.2 Å². The summed E-state index contributed by atoms with van der Waals surface area (Å²) in [4.78, 5) is 20.8. The number of benzene rings is 2. The van der Waals surface area contributed by atoms with Crippen molar-refractivity contribution in [3.8, 4) is 0 Å². The van der Waals surface area contributed by atoms with Crippen molar-refractivity contribution >= 4 is 32.6 Å². The Kier molecular flexibility index (Phi) is 4.32. The second kappa shape index (κ2) is 6.64. The van der Waals surface area contributed by atoms with Crippen LogP contribution in [0, 0.1) is 18.6 Å². The lowest BCUT2D eigenvalue weighted by molar-refractivity contribution is 0.0737. The minimum Gasteiger partial charge on any atom is -0.345 e. The Labute approximate surface area is 153 Å². The van der Waals surface area contributed by atoms with Crippen LogP contribution in [0.3, 0.4) is 0 Å². The second-order valence-electron chi connectivity index (χ2n) is 6.29. The molecule has 1 saturated heterocycles. The third-order valence-corrected chi connectivity index (χ3v) is 5.70. The van der Waals surface area contributed by atoms with E-state index in [9.17, 15) is 13.6 Å². The first kappa shape index (κ1) is 16.9. The number of thiazole rings is 1. The molecule has 0 radical (unpaired) electrons. The van der Waals surface area contributed by atoms with Gasteiger partial charge in [0.25, 0.3) is 5.91 Å². The van der Waals surface area contributed by atoms with Gasteiger partial charge in [-0.15, -0.1) is 0 Å². The van der Waals surface area contributed by atoms with Gasteiger partial charge in [0, 0.05) is 26.2 Å². The highest BCUT2D eigenvalue weighted by Crippen LogP contribution is 2.31. The fourth-order valence-electron chi connectivity index (χ4n) is 3.17. The van der Waals surface area contributed by atoms with Crippen molar-refractivity contribution in [1.82, 2.24) is 9.88 Å². The van der Waals surface area contributed by atoms with Crippen LogP contribution in [-0.2, 0) is 0 Å². The second-order valence-corrected chi connectivity index (χ2v) is 7.30. The Morgan fingerprint density at radius 3 is 2.35 bits per heavy atom. The largest absolute Gasteiger partial charge is 0.345 e. The molecule has 4 nitrogen and oxygen atoms in total. The molecule has 0 N–H and O–H groups in total. The number of amides is 1. The molecule has 1 aliphatic rings. The van der Waals surface area contributed by atoms with Gasteiger partial charge in [-0.25, -0.2) is 13.8 Å². The Morgan fingerprint density at radius 1 is 1.04 bits per heavy atom. The predicted octanol–water partition coefficient (Wildman–Crippen LogP) is 3.85. The van der Waals surface area contributed by atoms with Gasteiger partial charge in [0.1, 0.15) is 17.2 Å². The Balaban J connectivity index is 1.50. The third-order valence-electron chi connectivity index (χ3n) is 4.62. The van der Waals surface area contributed by atoms with E-state index in [0.717, 1.165) is 33.0 Å². The molecule has 2 aromatic carbocycles. The van der Waals surface area contributed by atoms with Crippen LogP contribution in [-0.4, -0.2) is 42.0 Å². The maximum atomic E-state index is 13.8. The number of fused-ring (bicyclic) bond motifs is 1. The molecule has 0 atom stereocenters. The number of hydrogen-bond donors (Lipinski definition) is 0. The van der Waals surface area contributed by atoms with Gasteiger partial charge in [-0.1, -0.05) is 29.5 Å². The molecule has 7 heteroatoms. The van der Waals surface area contributed by atoms with E-state index in [1.165, 1.54) is 11.0 Å². The lowest BCUT2D eigenvalue weighted by atomic mass is 10.1. The molecule has 0 saturated carbocycles. The fraction of sp³-hybridized carbons (Fsp3) is 0.263. The SMILES string of the molecule is Cc1cccc2sc(N3CCN(C(=O)c4c(F)cccc4F)CC3)nc12. The van der Waals surface area contributed by atoms with Crippen molar-refractivity contribution in [2.75, 3.05) is 31.1 Å². The summed E-state index contributed by atoms with van der Waals surface area (Å²) in [6, 6.07) is 9.56. The lowest BCUT2D eigenvalue weighted by Gasteiger charge is -2.34. The molecule has 0 aliphatic carbocycles. The Bertz CT molecular complexity index is 960. The highest BCUT2D eigenvalue weighted by molar-refractivity contribution is 7.22. The number of anilines is 1. The number of halogens is 2. The molecule has 0 bridgehead atoms. The summed E-state index contributed by atoms with van der Waals surface area (Å²) >= 11 is 1.62. The van der Waals surface area contributed by atoms with E-state index in [1.807, 2.05) is 25.1 Å². The molecule has 1 aromatic heterocycles. The Hall–Kier alpha value is -2.54. The van der Waals surface area contributed by atoms with Gasteiger partial charge in [0.05, 0.1) is 10.2 Å². The molecule has 4 rings (SSSR count). The summed E-state index contributed by atoms with van der Waals surface area (Å²) in [7, 11) is 0. The summed E-state index contributed by atoms with van der Waals surface area (Å²) in [6.07, 6.45) is 0. The fourth-order valence-corrected chi connectivity index (χ4v) is 4.27. The summed E-state index contributed by atoms with van der Waals surface area (Å²) in [6.45, 7) is 4.01. The maximum absolute atomic E-state index is 13.8. The molecule has 0 spiro atoms. The average Bonchev–Trinajstić information content (AvgIpc) is 3.07. The van der Waals surface area contributed by atoms with Gasteiger partial charge in [0.15, 0.2) is 5.13 Å². The van der Waals surface area contributed by atoms with E-state index >= 15 is 0 Å². The van der Waals surface area contributed by atoms with Crippen LogP contribution in [0.5, 0.6) is 0 Å². The summed E-state index contributed by atoms with van der Waals surface area (Å²) in [5.41, 5.74) is 1.66. The van der Waals surface area contributed by atoms with Crippen LogP contribution in [0.1, 0.15) is 15.9 Å². The average molecular weight is 373 g/mol. The summed E-state index contributed by atoms with van der Waals surface area (Å²) in [5.74, 6) is -2.24. The number of aromatic nitrogens is 1. The number of rotatable bonds is 2. The number of hydrogen-bond acceptors (Lipinski definition) is 4. The maximum Gasteiger partial charge on any atom is 0.259 e. The number of aryl methyl sites for hydroxylation is 1. The molecule has 3 aromatic rings. The van der Waals surface area contributed by atoms with Gasteiger partial charge in [0.2, 0.25) is 0 Å². The monoisotopic (exact) mass is 373 g/mol. The topological polar surface area (TPSA) is 36.4 Å². The molecule has 1 fully saturated rings. The van der Waals surface area contributed by atoms with Crippen molar-refractivity contribution in [1.29, 1.82) is 0 Å². The number of piperazine rings is 1. The highest BCUT2D eigenvalue weighted by atomic mass is 32.1. The van der Waals surface area contributed by atoms with E-state index in [2.05, 4.69) is 4.90 Å². The zero-order chi connectivity index (χ0) is 18.3. The van der Waals surface area contributed by atoms with Crippen molar-refractivity contribution in [3.63, 3.8) is 0 Å². The minimum atomic E-state index is -0.820. The van der Waals surface area contributed by atoms with E-state index in [4.69, 9.17) is 4.98 Å². The molecular formula is C19H17F2N3OS. The minimum absolute atomic E-state index is 0.404. The van der Waals surface area contributed by atoms with Crippen LogP contribution >= 0.6 is 11.3 Å². The van der Waals surface area contributed by atoms with E-state index in [-0.39, 0.29) is 0 Å².